The van der Waals surface area contributed by atoms with Crippen LogP contribution < -0.4 is 9.64 Å². The van der Waals surface area contributed by atoms with Crippen LogP contribution in [-0.4, -0.2) is 34.0 Å². The third kappa shape index (κ3) is 3.54. The van der Waals surface area contributed by atoms with E-state index in [1.807, 2.05) is 0 Å². The summed E-state index contributed by atoms with van der Waals surface area (Å²) in [6, 6.07) is 4.27. The number of anilines is 1. The minimum atomic E-state index is -0.502. The number of ether oxygens (including phenoxy) is 1. The van der Waals surface area contributed by atoms with Crippen LogP contribution in [0.4, 0.5) is 11.6 Å². The number of nitro benzene ring substituents is 1. The number of hydrogen-bond donors (Lipinski definition) is 0. The molecular formula is C12H12ClN5O3. The van der Waals surface area contributed by atoms with Gasteiger partial charge in [-0.25, -0.2) is 0 Å². The van der Waals surface area contributed by atoms with Gasteiger partial charge in [0.15, 0.2) is 0 Å². The number of benzene rings is 1. The lowest BCUT2D eigenvalue weighted by Gasteiger charge is -2.12. The summed E-state index contributed by atoms with van der Waals surface area (Å²) in [6.45, 7) is 1.76. The van der Waals surface area contributed by atoms with Crippen LogP contribution >= 0.6 is 11.6 Å². The summed E-state index contributed by atoms with van der Waals surface area (Å²) in [6.07, 6.45) is 0. The van der Waals surface area contributed by atoms with Gasteiger partial charge in [0.2, 0.25) is 11.2 Å². The monoisotopic (exact) mass is 309 g/mol. The number of nitro groups is 1. The molecule has 0 unspecified atom stereocenters. The van der Waals surface area contributed by atoms with Crippen molar-refractivity contribution >= 4 is 23.2 Å². The zero-order chi connectivity index (χ0) is 15.6. The minimum absolute atomic E-state index is 0.0215. The molecule has 1 aromatic heterocycles. The van der Waals surface area contributed by atoms with Gasteiger partial charge in [-0.05, 0) is 30.2 Å². The molecule has 0 bridgehead atoms. The zero-order valence-corrected chi connectivity index (χ0v) is 12.3. The van der Waals surface area contributed by atoms with Crippen molar-refractivity contribution in [1.82, 2.24) is 15.0 Å². The van der Waals surface area contributed by atoms with Gasteiger partial charge in [-0.15, -0.1) is 0 Å². The first-order chi connectivity index (χ1) is 9.86. The molecule has 1 heterocycles. The third-order valence-corrected chi connectivity index (χ3v) is 2.73. The van der Waals surface area contributed by atoms with E-state index in [0.29, 0.717) is 11.5 Å². The lowest BCUT2D eigenvalue weighted by atomic mass is 10.2. The molecule has 0 saturated heterocycles. The van der Waals surface area contributed by atoms with E-state index in [1.165, 1.54) is 12.1 Å². The molecule has 2 aromatic rings. The van der Waals surface area contributed by atoms with Crippen LogP contribution in [0.2, 0.25) is 5.28 Å². The highest BCUT2D eigenvalue weighted by molar-refractivity contribution is 6.28. The van der Waals surface area contributed by atoms with Crippen molar-refractivity contribution in [3.05, 3.63) is 39.2 Å². The molecule has 0 N–H and O–H groups in total. The molecule has 9 heteroatoms. The molecule has 0 amide bonds. The highest BCUT2D eigenvalue weighted by Gasteiger charge is 2.13. The Balaban J connectivity index is 2.38. The lowest BCUT2D eigenvalue weighted by Crippen LogP contribution is -2.13. The van der Waals surface area contributed by atoms with E-state index in [9.17, 15) is 10.1 Å². The van der Waals surface area contributed by atoms with E-state index in [4.69, 9.17) is 16.3 Å². The van der Waals surface area contributed by atoms with Crippen LogP contribution in [0.25, 0.3) is 0 Å². The number of hydrogen-bond acceptors (Lipinski definition) is 7. The van der Waals surface area contributed by atoms with Gasteiger partial charge in [0.05, 0.1) is 11.0 Å². The average Bonchev–Trinajstić information content (AvgIpc) is 2.40. The number of non-ortho nitro benzene ring substituents is 1. The molecule has 0 atom stereocenters. The van der Waals surface area contributed by atoms with Crippen molar-refractivity contribution in [3.63, 3.8) is 0 Å². The number of aryl methyl sites for hydroxylation is 1. The van der Waals surface area contributed by atoms with Gasteiger partial charge < -0.3 is 9.64 Å². The van der Waals surface area contributed by atoms with Crippen molar-refractivity contribution < 1.29 is 9.66 Å². The standard InChI is InChI=1S/C12H12ClN5O3/c1-7-4-5-8(18(19)20)6-9(7)21-12-15-10(13)14-11(16-12)17(2)3/h4-6H,1-3H3. The predicted octanol–water partition coefficient (Wildman–Crippen LogP) is 2.60. The summed E-state index contributed by atoms with van der Waals surface area (Å²) >= 11 is 5.80. The summed E-state index contributed by atoms with van der Waals surface area (Å²) in [5.74, 6) is 0.615. The second kappa shape index (κ2) is 5.88. The Morgan fingerprint density at radius 2 is 2.00 bits per heavy atom. The second-order valence-electron chi connectivity index (χ2n) is 4.39. The first-order valence-electron chi connectivity index (χ1n) is 5.88. The molecule has 0 aliphatic carbocycles. The Morgan fingerprint density at radius 3 is 2.62 bits per heavy atom. The van der Waals surface area contributed by atoms with E-state index in [0.717, 1.165) is 0 Å². The van der Waals surface area contributed by atoms with E-state index in [-0.39, 0.29) is 22.7 Å². The van der Waals surface area contributed by atoms with Gasteiger partial charge in [0, 0.05) is 20.2 Å². The molecule has 0 radical (unpaired) electrons. The molecule has 0 saturated carbocycles. The lowest BCUT2D eigenvalue weighted by molar-refractivity contribution is -0.384. The predicted molar refractivity (Wildman–Crippen MR) is 77.1 cm³/mol. The normalized spacial score (nSPS) is 10.3. The summed E-state index contributed by atoms with van der Waals surface area (Å²) in [5, 5.41) is 10.8. The SMILES string of the molecule is Cc1ccc([N+](=O)[O-])cc1Oc1nc(Cl)nc(N(C)C)n1. The average molecular weight is 310 g/mol. The van der Waals surface area contributed by atoms with Crippen LogP contribution in [0.15, 0.2) is 18.2 Å². The third-order valence-electron chi connectivity index (χ3n) is 2.56. The van der Waals surface area contributed by atoms with Crippen molar-refractivity contribution in [3.8, 4) is 11.8 Å². The van der Waals surface area contributed by atoms with Crippen molar-refractivity contribution in [1.29, 1.82) is 0 Å². The maximum atomic E-state index is 10.8. The Hall–Kier alpha value is -2.48. The Bertz CT molecular complexity index is 693. The van der Waals surface area contributed by atoms with E-state index >= 15 is 0 Å². The van der Waals surface area contributed by atoms with Crippen LogP contribution in [0.3, 0.4) is 0 Å². The fraction of sp³-hybridized carbons (Fsp3) is 0.250. The van der Waals surface area contributed by atoms with Gasteiger partial charge >= 0.3 is 6.01 Å². The van der Waals surface area contributed by atoms with Crippen molar-refractivity contribution in [2.45, 2.75) is 6.92 Å². The second-order valence-corrected chi connectivity index (χ2v) is 4.73. The quantitative estimate of drug-likeness (QED) is 0.632. The highest BCUT2D eigenvalue weighted by Crippen LogP contribution is 2.28. The molecular weight excluding hydrogens is 298 g/mol. The van der Waals surface area contributed by atoms with Crippen molar-refractivity contribution in [2.75, 3.05) is 19.0 Å². The summed E-state index contributed by atoms with van der Waals surface area (Å²) in [7, 11) is 3.49. The Labute approximate surface area is 125 Å². The molecule has 8 nitrogen and oxygen atoms in total. The minimum Gasteiger partial charge on any atom is -0.424 e. The smallest absolute Gasteiger partial charge is 0.328 e. The van der Waals surface area contributed by atoms with Crippen LogP contribution in [0.5, 0.6) is 11.8 Å². The fourth-order valence-electron chi connectivity index (χ4n) is 1.48. The van der Waals surface area contributed by atoms with E-state index in [1.54, 1.807) is 32.0 Å². The van der Waals surface area contributed by atoms with Crippen LogP contribution in [-0.2, 0) is 0 Å². The molecule has 0 fully saturated rings. The number of rotatable bonds is 4. The summed E-state index contributed by atoms with van der Waals surface area (Å²) < 4.78 is 5.49. The van der Waals surface area contributed by atoms with Crippen LogP contribution in [0, 0.1) is 17.0 Å². The van der Waals surface area contributed by atoms with Crippen LogP contribution in [0.1, 0.15) is 5.56 Å². The van der Waals surface area contributed by atoms with E-state index < -0.39 is 4.92 Å². The molecule has 0 spiro atoms. The van der Waals surface area contributed by atoms with E-state index in [2.05, 4.69) is 15.0 Å². The number of aromatic nitrogens is 3. The van der Waals surface area contributed by atoms with Gasteiger partial charge in [-0.3, -0.25) is 10.1 Å². The van der Waals surface area contributed by atoms with Gasteiger partial charge in [0.1, 0.15) is 5.75 Å². The first-order valence-corrected chi connectivity index (χ1v) is 6.26. The largest absolute Gasteiger partial charge is 0.424 e. The molecule has 110 valence electrons. The molecule has 1 aromatic carbocycles. The van der Waals surface area contributed by atoms with Gasteiger partial charge in [0.25, 0.3) is 5.69 Å². The molecule has 2 rings (SSSR count). The van der Waals surface area contributed by atoms with Gasteiger partial charge in [-0.1, -0.05) is 0 Å². The molecule has 0 aliphatic heterocycles. The maximum Gasteiger partial charge on any atom is 0.328 e. The maximum absolute atomic E-state index is 10.8. The number of nitrogens with zero attached hydrogens (tertiary/aromatic N) is 5. The number of halogens is 1. The van der Waals surface area contributed by atoms with Crippen molar-refractivity contribution in [2.24, 2.45) is 0 Å². The molecule has 21 heavy (non-hydrogen) atoms. The summed E-state index contributed by atoms with van der Waals surface area (Å²) in [4.78, 5) is 23.8. The summed E-state index contributed by atoms with van der Waals surface area (Å²) in [5.41, 5.74) is 0.632. The zero-order valence-electron chi connectivity index (χ0n) is 11.6. The molecule has 0 aliphatic rings. The Morgan fingerprint density at radius 1 is 1.29 bits per heavy atom. The van der Waals surface area contributed by atoms with Gasteiger partial charge in [-0.2, -0.15) is 15.0 Å². The Kier molecular flexibility index (Phi) is 4.18. The first kappa shape index (κ1) is 14.9. The highest BCUT2D eigenvalue weighted by atomic mass is 35.5. The topological polar surface area (TPSA) is 94.3 Å². The fourth-order valence-corrected chi connectivity index (χ4v) is 1.63.